The van der Waals surface area contributed by atoms with Gasteiger partial charge in [-0.3, -0.25) is 14.9 Å². The third-order valence-corrected chi connectivity index (χ3v) is 11.7. The number of thiophene rings is 1. The molecule has 1 saturated heterocycles. The Hall–Kier alpha value is -3.49. The van der Waals surface area contributed by atoms with Crippen LogP contribution in [-0.2, 0) is 32.5 Å². The second-order valence-electron chi connectivity index (χ2n) is 13.0. The minimum atomic E-state index is -3.77. The summed E-state index contributed by atoms with van der Waals surface area (Å²) in [6, 6.07) is 5.71. The fourth-order valence-corrected chi connectivity index (χ4v) is 10.2. The number of anilines is 1. The monoisotopic (exact) mass is 660 g/mol. The van der Waals surface area contributed by atoms with Crippen molar-refractivity contribution in [2.45, 2.75) is 77.8 Å². The van der Waals surface area contributed by atoms with Gasteiger partial charge in [-0.05, 0) is 80.2 Å². The number of benzene rings is 1. The van der Waals surface area contributed by atoms with E-state index in [2.05, 4.69) is 31.4 Å². The highest BCUT2D eigenvalue weighted by molar-refractivity contribution is 7.89. The standard InChI is InChI=1S/C31H40N4O8S2/c1-6-42-28(38)33-26(37)24-22-12-13-34(29(39)43-7-2)16-23(22)44-27(24)32-25(36)19-8-10-21(11-9-19)45(40,41)35-18-31(5)15-20(35)14-30(3,4)17-31/h8-11,20H,6-7,12-18H2,1-5H3,(H,32,36)(H,33,37,38). The molecule has 1 aliphatic carbocycles. The van der Waals surface area contributed by atoms with Crippen LogP contribution in [-0.4, -0.2) is 74.0 Å². The molecule has 3 heterocycles. The van der Waals surface area contributed by atoms with Crippen molar-refractivity contribution < 1.29 is 37.1 Å². The number of alkyl carbamates (subject to hydrolysis) is 1. The zero-order valence-corrected chi connectivity index (χ0v) is 27.9. The molecular weight excluding hydrogens is 620 g/mol. The van der Waals surface area contributed by atoms with E-state index in [0.717, 1.165) is 30.6 Å². The lowest BCUT2D eigenvalue weighted by Crippen LogP contribution is -2.37. The van der Waals surface area contributed by atoms with Crippen LogP contribution in [0.1, 0.15) is 85.0 Å². The lowest BCUT2D eigenvalue weighted by Gasteiger charge is -2.39. The molecule has 0 radical (unpaired) electrons. The first-order chi connectivity index (χ1) is 21.2. The molecule has 2 N–H and O–H groups in total. The molecule has 3 aliphatic rings. The number of amides is 4. The van der Waals surface area contributed by atoms with Crippen LogP contribution in [0.2, 0.25) is 0 Å². The zero-order valence-electron chi connectivity index (χ0n) is 26.2. The van der Waals surface area contributed by atoms with Gasteiger partial charge in [-0.15, -0.1) is 11.3 Å². The van der Waals surface area contributed by atoms with Gasteiger partial charge in [0.15, 0.2) is 0 Å². The van der Waals surface area contributed by atoms with Crippen LogP contribution in [0.15, 0.2) is 29.2 Å². The van der Waals surface area contributed by atoms with E-state index in [1.165, 1.54) is 29.2 Å². The van der Waals surface area contributed by atoms with E-state index in [1.54, 1.807) is 18.2 Å². The number of nitrogens with one attached hydrogen (secondary N) is 2. The average molecular weight is 661 g/mol. The number of sulfonamides is 1. The molecule has 1 aromatic heterocycles. The molecule has 1 saturated carbocycles. The zero-order chi connectivity index (χ0) is 32.7. The van der Waals surface area contributed by atoms with Crippen molar-refractivity contribution in [1.29, 1.82) is 0 Å². The fraction of sp³-hybridized carbons (Fsp3) is 0.548. The summed E-state index contributed by atoms with van der Waals surface area (Å²) in [6.45, 7) is 11.1. The Kier molecular flexibility index (Phi) is 9.04. The van der Waals surface area contributed by atoms with E-state index in [9.17, 15) is 27.6 Å². The Morgan fingerprint density at radius 3 is 2.36 bits per heavy atom. The smallest absolute Gasteiger partial charge is 0.414 e. The van der Waals surface area contributed by atoms with Gasteiger partial charge in [-0.1, -0.05) is 20.8 Å². The first-order valence-corrected chi connectivity index (χ1v) is 17.4. The van der Waals surface area contributed by atoms with E-state index in [1.807, 2.05) is 0 Å². The van der Waals surface area contributed by atoms with Gasteiger partial charge < -0.3 is 19.7 Å². The first-order valence-electron chi connectivity index (χ1n) is 15.1. The number of carbonyl (C=O) groups is 4. The van der Waals surface area contributed by atoms with Gasteiger partial charge in [0.1, 0.15) is 5.00 Å². The quantitative estimate of drug-likeness (QED) is 0.422. The molecule has 2 unspecified atom stereocenters. The molecule has 2 aliphatic heterocycles. The van der Waals surface area contributed by atoms with Crippen LogP contribution in [0.5, 0.6) is 0 Å². The molecule has 2 aromatic rings. The van der Waals surface area contributed by atoms with Crippen molar-refractivity contribution in [2.75, 3.05) is 31.6 Å². The fourth-order valence-electron chi connectivity index (χ4n) is 7.20. The second kappa shape index (κ2) is 12.4. The van der Waals surface area contributed by atoms with E-state index < -0.39 is 34.0 Å². The summed E-state index contributed by atoms with van der Waals surface area (Å²) in [6.07, 6.45) is 1.52. The summed E-state index contributed by atoms with van der Waals surface area (Å²) in [5.41, 5.74) is 0.929. The number of nitrogens with zero attached hydrogens (tertiary/aromatic N) is 2. The van der Waals surface area contributed by atoms with Gasteiger partial charge >= 0.3 is 12.2 Å². The molecule has 5 rings (SSSR count). The molecule has 12 nitrogen and oxygen atoms in total. The molecule has 2 bridgehead atoms. The van der Waals surface area contributed by atoms with E-state index in [4.69, 9.17) is 9.47 Å². The van der Waals surface area contributed by atoms with Crippen LogP contribution < -0.4 is 10.6 Å². The van der Waals surface area contributed by atoms with Crippen molar-refractivity contribution in [3.8, 4) is 0 Å². The Labute approximate surface area is 267 Å². The van der Waals surface area contributed by atoms with Crippen LogP contribution in [0.25, 0.3) is 0 Å². The predicted octanol–water partition coefficient (Wildman–Crippen LogP) is 4.99. The lowest BCUT2D eigenvalue weighted by atomic mass is 9.65. The van der Waals surface area contributed by atoms with E-state index >= 15 is 0 Å². The maximum atomic E-state index is 13.7. The minimum absolute atomic E-state index is 0.0597. The maximum absolute atomic E-state index is 13.7. The summed E-state index contributed by atoms with van der Waals surface area (Å²) in [5.74, 6) is -1.30. The van der Waals surface area contributed by atoms with Crippen molar-refractivity contribution in [1.82, 2.24) is 14.5 Å². The van der Waals surface area contributed by atoms with Gasteiger partial charge in [0.2, 0.25) is 10.0 Å². The Morgan fingerprint density at radius 1 is 1.00 bits per heavy atom. The number of hydrogen-bond donors (Lipinski definition) is 2. The largest absolute Gasteiger partial charge is 0.450 e. The number of carbonyl (C=O) groups excluding carboxylic acids is 4. The predicted molar refractivity (Wildman–Crippen MR) is 168 cm³/mol. The summed E-state index contributed by atoms with van der Waals surface area (Å²) < 4.78 is 39.0. The normalized spacial score (nSPS) is 22.3. The van der Waals surface area contributed by atoms with Crippen molar-refractivity contribution in [3.63, 3.8) is 0 Å². The molecule has 2 atom stereocenters. The highest BCUT2D eigenvalue weighted by Crippen LogP contribution is 2.53. The van der Waals surface area contributed by atoms with Crippen LogP contribution in [0, 0.1) is 10.8 Å². The van der Waals surface area contributed by atoms with Crippen molar-refractivity contribution in [2.24, 2.45) is 10.8 Å². The minimum Gasteiger partial charge on any atom is -0.450 e. The maximum Gasteiger partial charge on any atom is 0.414 e. The SMILES string of the molecule is CCOC(=O)NC(=O)c1c(NC(=O)c2ccc(S(=O)(=O)N3CC4(C)CC3CC(C)(C)C4)cc2)sc2c1CCN(C(=O)OCC)C2. The first kappa shape index (κ1) is 32.9. The summed E-state index contributed by atoms with van der Waals surface area (Å²) in [4.78, 5) is 53.3. The highest BCUT2D eigenvalue weighted by atomic mass is 32.2. The van der Waals surface area contributed by atoms with E-state index in [0.29, 0.717) is 30.0 Å². The van der Waals surface area contributed by atoms with Crippen LogP contribution in [0.3, 0.4) is 0 Å². The lowest BCUT2D eigenvalue weighted by molar-refractivity contribution is 0.0924. The Balaban J connectivity index is 1.37. The van der Waals surface area contributed by atoms with Gasteiger partial charge in [0, 0.05) is 29.6 Å². The molecule has 14 heteroatoms. The molecule has 1 aromatic carbocycles. The van der Waals surface area contributed by atoms with Gasteiger partial charge in [-0.25, -0.2) is 18.0 Å². The number of fused-ring (bicyclic) bond motifs is 3. The number of hydrogen-bond acceptors (Lipinski definition) is 9. The third-order valence-electron chi connectivity index (χ3n) is 8.62. The highest BCUT2D eigenvalue weighted by Gasteiger charge is 2.53. The van der Waals surface area contributed by atoms with Gasteiger partial charge in [0.05, 0.1) is 30.2 Å². The van der Waals surface area contributed by atoms with Gasteiger partial charge in [-0.2, -0.15) is 4.31 Å². The molecule has 0 spiro atoms. The Morgan fingerprint density at radius 2 is 1.69 bits per heavy atom. The molecule has 2 fully saturated rings. The van der Waals surface area contributed by atoms with E-state index in [-0.39, 0.29) is 57.7 Å². The topological polar surface area (TPSA) is 151 Å². The number of rotatable bonds is 7. The van der Waals surface area contributed by atoms with Crippen molar-refractivity contribution in [3.05, 3.63) is 45.8 Å². The molecule has 244 valence electrons. The molecule has 4 amide bonds. The van der Waals surface area contributed by atoms with Crippen LogP contribution in [0.4, 0.5) is 14.6 Å². The number of ether oxygens (including phenoxy) is 2. The van der Waals surface area contributed by atoms with Gasteiger partial charge in [0.25, 0.3) is 11.8 Å². The summed E-state index contributed by atoms with van der Waals surface area (Å²) in [5, 5.41) is 5.17. The third kappa shape index (κ3) is 6.73. The molecular formula is C31H40N4O8S2. The average Bonchev–Trinajstić information content (AvgIpc) is 3.45. The second-order valence-corrected chi connectivity index (χ2v) is 16.0. The van der Waals surface area contributed by atoms with Crippen LogP contribution >= 0.6 is 11.3 Å². The Bertz CT molecular complexity index is 1620. The molecule has 45 heavy (non-hydrogen) atoms. The summed E-state index contributed by atoms with van der Waals surface area (Å²) in [7, 11) is -3.77. The number of imide groups is 1. The summed E-state index contributed by atoms with van der Waals surface area (Å²) >= 11 is 1.13. The van der Waals surface area contributed by atoms with Crippen molar-refractivity contribution >= 4 is 50.4 Å².